The van der Waals surface area contributed by atoms with Crippen LogP contribution in [0.3, 0.4) is 0 Å². The molecule has 0 unspecified atom stereocenters. The Kier molecular flexibility index (Phi) is 7.34. The van der Waals surface area contributed by atoms with Gasteiger partial charge in [-0.05, 0) is 31.5 Å². The van der Waals surface area contributed by atoms with Crippen molar-refractivity contribution < 1.29 is 23.5 Å². The van der Waals surface area contributed by atoms with E-state index in [1.807, 2.05) is 44.3 Å². The Balaban J connectivity index is 1.51. The van der Waals surface area contributed by atoms with Crippen LogP contribution in [-0.4, -0.2) is 59.0 Å². The van der Waals surface area contributed by atoms with Crippen LogP contribution in [0.5, 0.6) is 0 Å². The Labute approximate surface area is 234 Å². The predicted molar refractivity (Wildman–Crippen MR) is 145 cm³/mol. The number of pyridine rings is 1. The number of hydrogen-bond donors (Lipinski definition) is 2. The summed E-state index contributed by atoms with van der Waals surface area (Å²) in [5, 5.41) is 24.6. The molecule has 4 aromatic heterocycles. The van der Waals surface area contributed by atoms with E-state index < -0.39 is 11.6 Å². The number of oxazole rings is 1. The molecule has 13 nitrogen and oxygen atoms in total. The summed E-state index contributed by atoms with van der Waals surface area (Å²) in [7, 11) is 3.53. The second-order valence-corrected chi connectivity index (χ2v) is 9.84. The maximum atomic E-state index is 13.5. The van der Waals surface area contributed by atoms with E-state index in [2.05, 4.69) is 30.6 Å². The molecule has 4 heterocycles. The molecule has 0 radical (unpaired) electrons. The maximum absolute atomic E-state index is 13.5. The Hall–Kier alpha value is -5.33. The summed E-state index contributed by atoms with van der Waals surface area (Å²) in [5.41, 5.74) is 2.28. The predicted octanol–water partition coefficient (Wildman–Crippen LogP) is 3.83. The van der Waals surface area contributed by atoms with Crippen molar-refractivity contribution in [3.8, 4) is 23.2 Å². The van der Waals surface area contributed by atoms with E-state index in [0.717, 1.165) is 16.8 Å². The highest BCUT2D eigenvalue weighted by molar-refractivity contribution is 5.95. The molecule has 0 fully saturated rings. The second-order valence-electron chi connectivity index (χ2n) is 9.84. The first-order chi connectivity index (χ1) is 19.6. The van der Waals surface area contributed by atoms with Gasteiger partial charge in [0.05, 0.1) is 12.4 Å². The Morgan fingerprint density at radius 1 is 1.12 bits per heavy atom. The van der Waals surface area contributed by atoms with E-state index in [4.69, 9.17) is 8.83 Å². The van der Waals surface area contributed by atoms with Crippen LogP contribution in [0.2, 0.25) is 0 Å². The van der Waals surface area contributed by atoms with E-state index in [1.54, 1.807) is 35.8 Å². The van der Waals surface area contributed by atoms with Gasteiger partial charge >= 0.3 is 6.09 Å². The van der Waals surface area contributed by atoms with Gasteiger partial charge in [0.25, 0.3) is 11.8 Å². The molecule has 0 aliphatic carbocycles. The third kappa shape index (κ3) is 5.83. The number of aromatic nitrogens is 6. The van der Waals surface area contributed by atoms with Crippen LogP contribution in [0.4, 0.5) is 4.79 Å². The molecule has 0 saturated carbocycles. The van der Waals surface area contributed by atoms with Crippen molar-refractivity contribution in [1.29, 1.82) is 0 Å². The highest BCUT2D eigenvalue weighted by atomic mass is 16.4. The van der Waals surface area contributed by atoms with Crippen LogP contribution in [0.25, 0.3) is 23.2 Å². The minimum absolute atomic E-state index is 0.000288. The third-order valence-electron chi connectivity index (χ3n) is 6.71. The molecule has 0 aliphatic rings. The highest BCUT2D eigenvalue weighted by Gasteiger charge is 2.35. The van der Waals surface area contributed by atoms with Crippen molar-refractivity contribution in [3.05, 3.63) is 89.4 Å². The molecule has 2 N–H and O–H groups in total. The number of carbonyl (C=O) groups excluding carboxylic acids is 1. The average Bonchev–Trinajstić information content (AvgIpc) is 3.72. The lowest BCUT2D eigenvalue weighted by atomic mass is 9.93. The summed E-state index contributed by atoms with van der Waals surface area (Å²) >= 11 is 0. The minimum Gasteiger partial charge on any atom is -0.465 e. The zero-order valence-corrected chi connectivity index (χ0v) is 22.9. The molecule has 0 saturated heterocycles. The number of aryl methyl sites for hydroxylation is 1. The Morgan fingerprint density at radius 2 is 1.85 bits per heavy atom. The fourth-order valence-corrected chi connectivity index (χ4v) is 4.43. The first kappa shape index (κ1) is 27.2. The zero-order chi connectivity index (χ0) is 29.1. The van der Waals surface area contributed by atoms with Crippen LogP contribution < -0.4 is 5.32 Å². The molecule has 5 rings (SSSR count). The lowest BCUT2D eigenvalue weighted by Gasteiger charge is -2.25. The summed E-state index contributed by atoms with van der Waals surface area (Å²) in [6, 6.07) is 12.5. The van der Waals surface area contributed by atoms with Crippen molar-refractivity contribution >= 4 is 12.0 Å². The van der Waals surface area contributed by atoms with Gasteiger partial charge in [-0.25, -0.2) is 14.8 Å². The monoisotopic (exact) mass is 556 g/mol. The standard InChI is InChI=1S/C28H28N8O5/c1-17-20(15-30-36(17)4)16-35(3)25(37)19-12-21(23-29-10-11-40-23)31-22(13-19)24-33-34-26(41-24)28(2,32-27(38)39)14-18-8-6-5-7-9-18/h5-13,15,32H,14,16H2,1-4H3,(H,38,39)/t28-/m1/s1. The van der Waals surface area contributed by atoms with Crippen molar-refractivity contribution in [2.45, 2.75) is 32.4 Å². The molecule has 2 amide bonds. The number of hydrogen-bond acceptors (Lipinski definition) is 9. The van der Waals surface area contributed by atoms with Gasteiger partial charge in [0.2, 0.25) is 11.8 Å². The quantitative estimate of drug-likeness (QED) is 0.272. The van der Waals surface area contributed by atoms with Crippen LogP contribution in [0.1, 0.15) is 40.0 Å². The largest absolute Gasteiger partial charge is 0.465 e. The van der Waals surface area contributed by atoms with Crippen LogP contribution in [0, 0.1) is 6.92 Å². The van der Waals surface area contributed by atoms with E-state index >= 15 is 0 Å². The summed E-state index contributed by atoms with van der Waals surface area (Å²) < 4.78 is 13.2. The molecular formula is C28H28N8O5. The summed E-state index contributed by atoms with van der Waals surface area (Å²) in [5.74, 6) is -0.0439. The van der Waals surface area contributed by atoms with Gasteiger partial charge in [-0.15, -0.1) is 10.2 Å². The molecule has 1 atom stereocenters. The van der Waals surface area contributed by atoms with Gasteiger partial charge in [0.1, 0.15) is 23.2 Å². The summed E-state index contributed by atoms with van der Waals surface area (Å²) in [4.78, 5) is 35.5. The zero-order valence-electron chi connectivity index (χ0n) is 22.9. The van der Waals surface area contributed by atoms with E-state index in [0.29, 0.717) is 12.1 Å². The Morgan fingerprint density at radius 3 is 2.49 bits per heavy atom. The normalized spacial score (nSPS) is 12.6. The fraction of sp³-hybridized carbons (Fsp3) is 0.250. The Bertz CT molecular complexity index is 1680. The third-order valence-corrected chi connectivity index (χ3v) is 6.71. The van der Waals surface area contributed by atoms with Crippen LogP contribution in [0.15, 0.2) is 70.0 Å². The van der Waals surface area contributed by atoms with Crippen molar-refractivity contribution in [2.75, 3.05) is 7.05 Å². The van der Waals surface area contributed by atoms with Gasteiger partial charge in [0, 0.05) is 43.9 Å². The molecule has 210 valence electrons. The first-order valence-electron chi connectivity index (χ1n) is 12.7. The maximum Gasteiger partial charge on any atom is 0.405 e. The SMILES string of the molecule is Cc1c(CN(C)C(=O)c2cc(-c3ncco3)nc(-c3nnc([C@@](C)(Cc4ccccc4)NC(=O)O)o3)c2)cnn1C. The topological polar surface area (TPSA) is 165 Å². The number of amides is 2. The molecule has 13 heteroatoms. The number of nitrogens with one attached hydrogen (secondary N) is 1. The van der Waals surface area contributed by atoms with Crippen molar-refractivity contribution in [2.24, 2.45) is 7.05 Å². The second kappa shape index (κ2) is 11.0. The van der Waals surface area contributed by atoms with Crippen molar-refractivity contribution in [3.63, 3.8) is 0 Å². The van der Waals surface area contributed by atoms with Gasteiger partial charge < -0.3 is 24.2 Å². The molecular weight excluding hydrogens is 528 g/mol. The summed E-state index contributed by atoms with van der Waals surface area (Å²) in [6.45, 7) is 3.93. The van der Waals surface area contributed by atoms with E-state index in [-0.39, 0.29) is 41.4 Å². The van der Waals surface area contributed by atoms with Gasteiger partial charge in [0.15, 0.2) is 0 Å². The van der Waals surface area contributed by atoms with E-state index in [9.17, 15) is 14.7 Å². The van der Waals surface area contributed by atoms with Gasteiger partial charge in [-0.2, -0.15) is 5.10 Å². The number of carboxylic acid groups (broad SMARTS) is 1. The summed E-state index contributed by atoms with van der Waals surface area (Å²) in [6.07, 6.45) is 3.62. The molecule has 1 aromatic carbocycles. The first-order valence-corrected chi connectivity index (χ1v) is 12.7. The van der Waals surface area contributed by atoms with Crippen LogP contribution >= 0.6 is 0 Å². The average molecular weight is 557 g/mol. The van der Waals surface area contributed by atoms with Gasteiger partial charge in [-0.3, -0.25) is 9.48 Å². The molecule has 0 spiro atoms. The molecule has 0 bridgehead atoms. The number of carbonyl (C=O) groups is 2. The van der Waals surface area contributed by atoms with E-state index in [1.165, 1.54) is 18.5 Å². The number of benzene rings is 1. The number of rotatable bonds is 9. The molecule has 0 aliphatic heterocycles. The lowest BCUT2D eigenvalue weighted by Crippen LogP contribution is -2.44. The number of nitrogens with zero attached hydrogens (tertiary/aromatic N) is 7. The molecule has 41 heavy (non-hydrogen) atoms. The van der Waals surface area contributed by atoms with Crippen LogP contribution in [-0.2, 0) is 25.6 Å². The smallest absolute Gasteiger partial charge is 0.405 e. The fourth-order valence-electron chi connectivity index (χ4n) is 4.43. The minimum atomic E-state index is -1.24. The van der Waals surface area contributed by atoms with Gasteiger partial charge in [-0.1, -0.05) is 30.3 Å². The molecule has 5 aromatic rings. The highest BCUT2D eigenvalue weighted by Crippen LogP contribution is 2.29. The lowest BCUT2D eigenvalue weighted by molar-refractivity contribution is 0.0784. The van der Waals surface area contributed by atoms with Crippen molar-refractivity contribution in [1.82, 2.24) is 40.2 Å².